The van der Waals surface area contributed by atoms with E-state index in [9.17, 15) is 20.0 Å². The lowest BCUT2D eigenvalue weighted by Gasteiger charge is -2.37. The number of nitrogens with zero attached hydrogens (tertiary/aromatic N) is 3. The number of nitriles is 1. The molecule has 4 rings (SSSR count). The van der Waals surface area contributed by atoms with E-state index in [0.717, 1.165) is 27.7 Å². The maximum absolute atomic E-state index is 13.6. The van der Waals surface area contributed by atoms with Gasteiger partial charge in [-0.3, -0.25) is 9.59 Å². The van der Waals surface area contributed by atoms with Crippen LogP contribution >= 0.6 is 0 Å². The summed E-state index contributed by atoms with van der Waals surface area (Å²) < 4.78 is 1.87. The maximum atomic E-state index is 13.6. The van der Waals surface area contributed by atoms with Crippen molar-refractivity contribution in [2.24, 2.45) is 5.41 Å². The molecule has 1 heterocycles. The molecule has 0 saturated heterocycles. The minimum atomic E-state index is -0.879. The molecule has 31 heavy (non-hydrogen) atoms. The number of rotatable bonds is 6. The molecule has 0 spiro atoms. The summed E-state index contributed by atoms with van der Waals surface area (Å²) in [7, 11) is 0. The molecular formula is C25H25N3O3. The summed E-state index contributed by atoms with van der Waals surface area (Å²) in [6, 6.07) is 19.6. The molecule has 3 aromatic rings. The molecule has 6 nitrogen and oxygen atoms in total. The Kier molecular flexibility index (Phi) is 5.51. The molecule has 1 aliphatic carbocycles. The van der Waals surface area contributed by atoms with Crippen LogP contribution in [0.25, 0.3) is 10.9 Å². The molecule has 1 amide bonds. The number of aromatic nitrogens is 1. The first-order chi connectivity index (χ1) is 14.9. The lowest BCUT2D eigenvalue weighted by molar-refractivity contribution is -0.142. The number of aliphatic carboxylic acids is 1. The van der Waals surface area contributed by atoms with Crippen molar-refractivity contribution in [2.75, 3.05) is 6.54 Å². The smallest absolute Gasteiger partial charge is 0.323 e. The molecule has 0 aliphatic heterocycles. The Morgan fingerprint density at radius 3 is 2.58 bits per heavy atom. The number of carboxylic acid groups (broad SMARTS) is 1. The van der Waals surface area contributed by atoms with Gasteiger partial charge in [-0.2, -0.15) is 5.26 Å². The average molecular weight is 415 g/mol. The SMILES string of the molecule is CC1(C(=O)N(CC#N)Cc2ccccc2)CCc2c(c3ccccc3n2CC(=O)O)C1. The quantitative estimate of drug-likeness (QED) is 0.621. The van der Waals surface area contributed by atoms with Gasteiger partial charge in [0, 0.05) is 23.1 Å². The van der Waals surface area contributed by atoms with Crippen molar-refractivity contribution in [3.63, 3.8) is 0 Å². The zero-order chi connectivity index (χ0) is 22.0. The largest absolute Gasteiger partial charge is 0.480 e. The van der Waals surface area contributed by atoms with E-state index < -0.39 is 11.4 Å². The first-order valence-corrected chi connectivity index (χ1v) is 10.4. The number of benzene rings is 2. The maximum Gasteiger partial charge on any atom is 0.323 e. The first-order valence-electron chi connectivity index (χ1n) is 10.4. The van der Waals surface area contributed by atoms with Gasteiger partial charge in [-0.15, -0.1) is 0 Å². The predicted molar refractivity (Wildman–Crippen MR) is 117 cm³/mol. The van der Waals surface area contributed by atoms with E-state index in [1.807, 2.05) is 66.1 Å². The third kappa shape index (κ3) is 3.91. The number of carbonyl (C=O) groups excluding carboxylic acids is 1. The van der Waals surface area contributed by atoms with Crippen molar-refractivity contribution < 1.29 is 14.7 Å². The fourth-order valence-electron chi connectivity index (χ4n) is 4.75. The molecule has 1 unspecified atom stereocenters. The lowest BCUT2D eigenvalue weighted by Crippen LogP contribution is -2.45. The zero-order valence-electron chi connectivity index (χ0n) is 17.5. The highest BCUT2D eigenvalue weighted by molar-refractivity contribution is 5.90. The minimum Gasteiger partial charge on any atom is -0.480 e. The molecule has 1 aliphatic rings. The summed E-state index contributed by atoms with van der Waals surface area (Å²) in [5, 5.41) is 19.7. The first kappa shape index (κ1) is 20.7. The third-order valence-corrected chi connectivity index (χ3v) is 6.25. The number of fused-ring (bicyclic) bond motifs is 3. The molecule has 6 heteroatoms. The molecule has 0 bridgehead atoms. The lowest BCUT2D eigenvalue weighted by atomic mass is 9.73. The zero-order valence-corrected chi connectivity index (χ0v) is 17.5. The van der Waals surface area contributed by atoms with E-state index in [0.29, 0.717) is 25.8 Å². The Bertz CT molecular complexity index is 1180. The molecule has 0 fully saturated rings. The van der Waals surface area contributed by atoms with Gasteiger partial charge >= 0.3 is 5.97 Å². The summed E-state index contributed by atoms with van der Waals surface area (Å²) >= 11 is 0. The van der Waals surface area contributed by atoms with E-state index in [1.165, 1.54) is 0 Å². The van der Waals surface area contributed by atoms with Crippen molar-refractivity contribution >= 4 is 22.8 Å². The summed E-state index contributed by atoms with van der Waals surface area (Å²) in [5.74, 6) is -0.908. The third-order valence-electron chi connectivity index (χ3n) is 6.25. The van der Waals surface area contributed by atoms with Crippen LogP contribution in [0.3, 0.4) is 0 Å². The highest BCUT2D eigenvalue weighted by Gasteiger charge is 2.41. The number of carbonyl (C=O) groups is 2. The van der Waals surface area contributed by atoms with E-state index in [2.05, 4.69) is 6.07 Å². The Labute approximate surface area is 181 Å². The molecular weight excluding hydrogens is 390 g/mol. The number of para-hydroxylation sites is 1. The van der Waals surface area contributed by atoms with E-state index in [4.69, 9.17) is 0 Å². The Morgan fingerprint density at radius 1 is 1.16 bits per heavy atom. The Balaban J connectivity index is 1.68. The van der Waals surface area contributed by atoms with Crippen LogP contribution in [0.2, 0.25) is 0 Å². The molecule has 158 valence electrons. The topological polar surface area (TPSA) is 86.3 Å². The summed E-state index contributed by atoms with van der Waals surface area (Å²) in [5.41, 5.74) is 3.30. The molecule has 2 aromatic carbocycles. The van der Waals surface area contributed by atoms with Gasteiger partial charge in [0.2, 0.25) is 5.91 Å². The van der Waals surface area contributed by atoms with Gasteiger partial charge in [0.05, 0.1) is 11.5 Å². The van der Waals surface area contributed by atoms with Crippen LogP contribution in [-0.4, -0.2) is 33.0 Å². The Hall–Kier alpha value is -3.59. The monoisotopic (exact) mass is 415 g/mol. The van der Waals surface area contributed by atoms with Crippen LogP contribution in [0, 0.1) is 16.7 Å². The second-order valence-electron chi connectivity index (χ2n) is 8.46. The standard InChI is InChI=1S/C25H25N3O3/c1-25(24(31)27(14-13-26)16-18-7-3-2-4-8-18)12-11-22-20(15-25)19-9-5-6-10-21(19)28(22)17-23(29)30/h2-10H,11-12,14-17H2,1H3,(H,29,30). The molecule has 1 N–H and O–H groups in total. The average Bonchev–Trinajstić information content (AvgIpc) is 3.06. The van der Waals surface area contributed by atoms with Gasteiger partial charge < -0.3 is 14.6 Å². The molecule has 1 aromatic heterocycles. The van der Waals surface area contributed by atoms with Crippen molar-refractivity contribution in [3.05, 3.63) is 71.4 Å². The van der Waals surface area contributed by atoms with Crippen molar-refractivity contribution in [1.29, 1.82) is 5.26 Å². The van der Waals surface area contributed by atoms with Crippen LogP contribution in [0.5, 0.6) is 0 Å². The van der Waals surface area contributed by atoms with E-state index in [1.54, 1.807) is 4.90 Å². The van der Waals surface area contributed by atoms with Crippen LogP contribution in [0.4, 0.5) is 0 Å². The second-order valence-corrected chi connectivity index (χ2v) is 8.46. The number of amides is 1. The van der Waals surface area contributed by atoms with E-state index in [-0.39, 0.29) is 19.0 Å². The highest BCUT2D eigenvalue weighted by Crippen LogP contribution is 2.41. The fraction of sp³-hybridized carbons (Fsp3) is 0.320. The number of hydrogen-bond donors (Lipinski definition) is 1. The molecule has 0 saturated carbocycles. The van der Waals surface area contributed by atoms with Crippen molar-refractivity contribution in [3.8, 4) is 6.07 Å². The fourth-order valence-corrected chi connectivity index (χ4v) is 4.75. The van der Waals surface area contributed by atoms with Gasteiger partial charge in [0.25, 0.3) is 0 Å². The molecule has 1 atom stereocenters. The minimum absolute atomic E-state index is 0.0291. The van der Waals surface area contributed by atoms with Gasteiger partial charge in [-0.1, -0.05) is 55.5 Å². The van der Waals surface area contributed by atoms with Gasteiger partial charge in [-0.25, -0.2) is 0 Å². The predicted octanol–water partition coefficient (Wildman–Crippen LogP) is 3.77. The van der Waals surface area contributed by atoms with Crippen molar-refractivity contribution in [1.82, 2.24) is 9.47 Å². The van der Waals surface area contributed by atoms with Crippen LogP contribution in [0.15, 0.2) is 54.6 Å². The summed E-state index contributed by atoms with van der Waals surface area (Å²) in [4.78, 5) is 26.7. The molecule has 0 radical (unpaired) electrons. The van der Waals surface area contributed by atoms with Crippen LogP contribution < -0.4 is 0 Å². The van der Waals surface area contributed by atoms with Gasteiger partial charge in [0.1, 0.15) is 13.1 Å². The van der Waals surface area contributed by atoms with Gasteiger partial charge in [-0.05, 0) is 36.5 Å². The van der Waals surface area contributed by atoms with Gasteiger partial charge in [0.15, 0.2) is 0 Å². The Morgan fingerprint density at radius 2 is 1.87 bits per heavy atom. The van der Waals surface area contributed by atoms with Crippen LogP contribution in [0.1, 0.15) is 30.2 Å². The number of carboxylic acids is 1. The van der Waals surface area contributed by atoms with Crippen molar-refractivity contribution in [2.45, 2.75) is 39.3 Å². The second kappa shape index (κ2) is 8.27. The van der Waals surface area contributed by atoms with Crippen LogP contribution in [-0.2, 0) is 35.5 Å². The normalized spacial score (nSPS) is 17.7. The van der Waals surface area contributed by atoms with E-state index >= 15 is 0 Å². The summed E-state index contributed by atoms with van der Waals surface area (Å²) in [6.07, 6.45) is 1.78. The number of hydrogen-bond acceptors (Lipinski definition) is 3. The summed E-state index contributed by atoms with van der Waals surface area (Å²) in [6.45, 7) is 2.32. The highest BCUT2D eigenvalue weighted by atomic mass is 16.4.